The third-order valence-electron chi connectivity index (χ3n) is 3.51. The summed E-state index contributed by atoms with van der Waals surface area (Å²) in [6.07, 6.45) is 0. The maximum absolute atomic E-state index is 12.4. The molecule has 1 N–H and O–H groups in total. The fraction of sp³-hybridized carbons (Fsp3) is 0.176. The van der Waals surface area contributed by atoms with Gasteiger partial charge in [0.25, 0.3) is 5.91 Å². The van der Waals surface area contributed by atoms with E-state index in [-0.39, 0.29) is 21.3 Å². The summed E-state index contributed by atoms with van der Waals surface area (Å²) < 4.78 is 25.4. The Labute approximate surface area is 151 Å². The van der Waals surface area contributed by atoms with E-state index in [1.54, 1.807) is 24.3 Å². The lowest BCUT2D eigenvalue weighted by Gasteiger charge is -2.13. The zero-order chi connectivity index (χ0) is 18.8. The van der Waals surface area contributed by atoms with E-state index in [1.807, 2.05) is 0 Å². The van der Waals surface area contributed by atoms with Gasteiger partial charge in [0, 0.05) is 25.3 Å². The van der Waals surface area contributed by atoms with Crippen LogP contribution in [0.15, 0.2) is 47.4 Å². The zero-order valence-corrected chi connectivity index (χ0v) is 15.5. The average Bonchev–Trinajstić information content (AvgIpc) is 2.55. The van der Waals surface area contributed by atoms with Gasteiger partial charge in [0.05, 0.1) is 15.5 Å². The van der Waals surface area contributed by atoms with Gasteiger partial charge in [0.2, 0.25) is 10.0 Å². The van der Waals surface area contributed by atoms with Crippen LogP contribution < -0.4 is 5.32 Å². The van der Waals surface area contributed by atoms with Gasteiger partial charge in [-0.2, -0.15) is 0 Å². The van der Waals surface area contributed by atoms with Crippen molar-refractivity contribution in [3.63, 3.8) is 0 Å². The highest BCUT2D eigenvalue weighted by molar-refractivity contribution is 7.89. The van der Waals surface area contributed by atoms with E-state index >= 15 is 0 Å². The summed E-state index contributed by atoms with van der Waals surface area (Å²) in [4.78, 5) is 23.7. The number of amides is 1. The summed E-state index contributed by atoms with van der Waals surface area (Å²) >= 11 is 6.04. The number of nitrogens with zero attached hydrogens (tertiary/aromatic N) is 1. The predicted molar refractivity (Wildman–Crippen MR) is 96.7 cm³/mol. The minimum absolute atomic E-state index is 0.0287. The number of carbonyl (C=O) groups excluding carboxylic acids is 2. The number of nitrogens with one attached hydrogen (secondary N) is 1. The Kier molecular flexibility index (Phi) is 5.62. The van der Waals surface area contributed by atoms with Crippen molar-refractivity contribution in [3.8, 4) is 0 Å². The monoisotopic (exact) mass is 380 g/mol. The molecule has 0 unspecified atom stereocenters. The molecule has 0 aliphatic carbocycles. The van der Waals surface area contributed by atoms with Crippen LogP contribution >= 0.6 is 11.6 Å². The summed E-state index contributed by atoms with van der Waals surface area (Å²) in [5, 5.41) is 2.76. The summed E-state index contributed by atoms with van der Waals surface area (Å²) in [5.74, 6) is -0.626. The molecular weight excluding hydrogens is 364 g/mol. The summed E-state index contributed by atoms with van der Waals surface area (Å²) in [5.41, 5.74) is 1.03. The Hall–Kier alpha value is -2.22. The molecule has 25 heavy (non-hydrogen) atoms. The van der Waals surface area contributed by atoms with E-state index in [1.165, 1.54) is 39.2 Å². The molecule has 0 aliphatic heterocycles. The minimum atomic E-state index is -3.68. The number of anilines is 1. The first-order chi connectivity index (χ1) is 11.6. The van der Waals surface area contributed by atoms with Gasteiger partial charge in [-0.3, -0.25) is 9.59 Å². The van der Waals surface area contributed by atoms with Crippen LogP contribution in [0.1, 0.15) is 27.6 Å². The Morgan fingerprint density at radius 1 is 1.04 bits per heavy atom. The second-order valence-corrected chi connectivity index (χ2v) is 8.08. The maximum Gasteiger partial charge on any atom is 0.257 e. The van der Waals surface area contributed by atoms with E-state index in [4.69, 9.17) is 11.6 Å². The Morgan fingerprint density at radius 3 is 2.16 bits per heavy atom. The quantitative estimate of drug-likeness (QED) is 0.808. The number of carbonyl (C=O) groups is 2. The molecule has 0 bridgehead atoms. The molecule has 0 heterocycles. The fourth-order valence-corrected chi connectivity index (χ4v) is 3.17. The van der Waals surface area contributed by atoms with E-state index in [0.29, 0.717) is 11.3 Å². The van der Waals surface area contributed by atoms with Crippen LogP contribution in [-0.4, -0.2) is 38.5 Å². The van der Waals surface area contributed by atoms with Crippen molar-refractivity contribution in [2.24, 2.45) is 0 Å². The molecule has 6 nitrogen and oxygen atoms in total. The molecule has 0 saturated carbocycles. The molecule has 0 spiro atoms. The lowest BCUT2D eigenvalue weighted by molar-refractivity contribution is 0.101. The smallest absolute Gasteiger partial charge is 0.257 e. The lowest BCUT2D eigenvalue weighted by atomic mass is 10.1. The van der Waals surface area contributed by atoms with Crippen LogP contribution in [0, 0.1) is 0 Å². The van der Waals surface area contributed by atoms with Crippen molar-refractivity contribution in [3.05, 3.63) is 58.6 Å². The molecule has 0 saturated heterocycles. The van der Waals surface area contributed by atoms with Crippen LogP contribution in [0.3, 0.4) is 0 Å². The normalized spacial score (nSPS) is 11.4. The lowest BCUT2D eigenvalue weighted by Crippen LogP contribution is -2.23. The molecule has 2 aromatic rings. The molecular formula is C17H17ClN2O4S. The molecule has 2 rings (SSSR count). The van der Waals surface area contributed by atoms with Gasteiger partial charge in [0.1, 0.15) is 0 Å². The number of hydrogen-bond donors (Lipinski definition) is 1. The van der Waals surface area contributed by atoms with Crippen LogP contribution in [-0.2, 0) is 10.0 Å². The van der Waals surface area contributed by atoms with E-state index in [2.05, 4.69) is 5.32 Å². The second-order valence-electron chi connectivity index (χ2n) is 5.52. The number of halogens is 1. The highest BCUT2D eigenvalue weighted by Crippen LogP contribution is 2.23. The van der Waals surface area contributed by atoms with Crippen molar-refractivity contribution in [1.29, 1.82) is 0 Å². The number of Topliss-reactive ketones (excluding diaryl/α,β-unsaturated/α-hetero) is 1. The maximum atomic E-state index is 12.4. The van der Waals surface area contributed by atoms with Gasteiger partial charge in [-0.15, -0.1) is 0 Å². The number of rotatable bonds is 5. The number of sulfonamides is 1. The molecule has 2 aromatic carbocycles. The highest BCUT2D eigenvalue weighted by atomic mass is 35.5. The van der Waals surface area contributed by atoms with Gasteiger partial charge in [-0.05, 0) is 49.4 Å². The topological polar surface area (TPSA) is 83.5 Å². The highest BCUT2D eigenvalue weighted by Gasteiger charge is 2.20. The summed E-state index contributed by atoms with van der Waals surface area (Å²) in [6, 6.07) is 10.3. The SMILES string of the molecule is CC(=O)c1ccc(NC(=O)c2cc(S(=O)(=O)N(C)C)ccc2Cl)cc1. The van der Waals surface area contributed by atoms with Crippen molar-refractivity contribution < 1.29 is 18.0 Å². The van der Waals surface area contributed by atoms with Crippen molar-refractivity contribution in [2.75, 3.05) is 19.4 Å². The predicted octanol–water partition coefficient (Wildman–Crippen LogP) is 3.05. The van der Waals surface area contributed by atoms with Gasteiger partial charge >= 0.3 is 0 Å². The fourth-order valence-electron chi connectivity index (χ4n) is 2.04. The van der Waals surface area contributed by atoms with Crippen molar-refractivity contribution >= 4 is 39.0 Å². The molecule has 8 heteroatoms. The number of hydrogen-bond acceptors (Lipinski definition) is 4. The largest absolute Gasteiger partial charge is 0.322 e. The molecule has 0 aliphatic rings. The van der Waals surface area contributed by atoms with Gasteiger partial charge in [-0.25, -0.2) is 12.7 Å². The summed E-state index contributed by atoms with van der Waals surface area (Å²) in [7, 11) is -0.874. The van der Waals surface area contributed by atoms with Crippen LogP contribution in [0.25, 0.3) is 0 Å². The Morgan fingerprint density at radius 2 is 1.64 bits per heavy atom. The molecule has 0 atom stereocenters. The van der Waals surface area contributed by atoms with Crippen LogP contribution in [0.4, 0.5) is 5.69 Å². The molecule has 1 amide bonds. The van der Waals surface area contributed by atoms with E-state index in [9.17, 15) is 18.0 Å². The first-order valence-corrected chi connectivity index (χ1v) is 9.09. The second kappa shape index (κ2) is 7.35. The first kappa shape index (κ1) is 19.1. The minimum Gasteiger partial charge on any atom is -0.322 e. The van der Waals surface area contributed by atoms with Crippen molar-refractivity contribution in [2.45, 2.75) is 11.8 Å². The summed E-state index contributed by atoms with van der Waals surface area (Å²) in [6.45, 7) is 1.45. The molecule has 0 fully saturated rings. The average molecular weight is 381 g/mol. The third-order valence-corrected chi connectivity index (χ3v) is 5.65. The number of benzene rings is 2. The first-order valence-electron chi connectivity index (χ1n) is 7.27. The molecule has 132 valence electrons. The van der Waals surface area contributed by atoms with Crippen molar-refractivity contribution in [1.82, 2.24) is 4.31 Å². The van der Waals surface area contributed by atoms with Gasteiger partial charge in [0.15, 0.2) is 5.78 Å². The Balaban J connectivity index is 2.31. The van der Waals surface area contributed by atoms with Crippen LogP contribution in [0.2, 0.25) is 5.02 Å². The third kappa shape index (κ3) is 4.25. The van der Waals surface area contributed by atoms with Gasteiger partial charge in [-0.1, -0.05) is 11.6 Å². The molecule has 0 aromatic heterocycles. The number of ketones is 1. The van der Waals surface area contributed by atoms with Crippen LogP contribution in [0.5, 0.6) is 0 Å². The van der Waals surface area contributed by atoms with E-state index < -0.39 is 15.9 Å². The Bertz CT molecular complexity index is 922. The molecule has 0 radical (unpaired) electrons. The van der Waals surface area contributed by atoms with E-state index in [0.717, 1.165) is 4.31 Å². The zero-order valence-electron chi connectivity index (χ0n) is 13.9. The standard InChI is InChI=1S/C17H17ClN2O4S/c1-11(21)12-4-6-13(7-5-12)19-17(22)15-10-14(8-9-16(15)18)25(23,24)20(2)3/h4-10H,1-3H3,(H,19,22). The van der Waals surface area contributed by atoms with Gasteiger partial charge < -0.3 is 5.32 Å².